The maximum absolute atomic E-state index is 14.8. The number of nitrogens with one attached hydrogen (secondary N) is 6. The van der Waals surface area contributed by atoms with Crippen molar-refractivity contribution in [3.63, 3.8) is 0 Å². The van der Waals surface area contributed by atoms with E-state index in [9.17, 15) is 67.7 Å². The molecule has 2 aromatic carbocycles. The van der Waals surface area contributed by atoms with Gasteiger partial charge in [0.2, 0.25) is 41.4 Å². The summed E-state index contributed by atoms with van der Waals surface area (Å²) in [7, 11) is 4.53. The molecular weight excluding hydrogens is 1060 g/mol. The number of guanidine groups is 1. The quantitative estimate of drug-likeness (QED) is 0.0380. The van der Waals surface area contributed by atoms with Crippen LogP contribution in [0, 0.1) is 11.8 Å². The first-order valence-electron chi connectivity index (χ1n) is 24.5. The van der Waals surface area contributed by atoms with Crippen molar-refractivity contribution in [2.45, 2.75) is 88.0 Å². The lowest BCUT2D eigenvalue weighted by Crippen LogP contribution is -2.58. The number of hydrogen-bond acceptors (Lipinski definition) is 17. The fraction of sp³-hybridized carbons (Fsp3) is 0.531. The number of rotatable bonds is 17. The van der Waals surface area contributed by atoms with E-state index in [0.29, 0.717) is 5.56 Å². The Morgan fingerprint density at radius 3 is 2.17 bits per heavy atom. The summed E-state index contributed by atoms with van der Waals surface area (Å²) >= 11 is 0.828. The molecule has 7 atom stereocenters. The molecule has 2 heterocycles. The number of aliphatic carboxylic acids is 2. The summed E-state index contributed by atoms with van der Waals surface area (Å²) in [5.41, 5.74) is 11.6. The first-order chi connectivity index (χ1) is 36.7. The maximum Gasteiger partial charge on any atom is 0.305 e. The Balaban J connectivity index is 1.85. The van der Waals surface area contributed by atoms with Crippen molar-refractivity contribution in [1.29, 1.82) is 0 Å². The largest absolute Gasteiger partial charge is 0.481 e. The number of thioether (sulfide) groups is 1. The van der Waals surface area contributed by atoms with Crippen molar-refractivity contribution in [1.82, 2.24) is 36.8 Å². The number of fused-ring (bicyclic) bond motifs is 6. The number of likely N-dealkylation sites (N-methyl/N-ethyl adjacent to an activating group) is 1. The van der Waals surface area contributed by atoms with Gasteiger partial charge in [0.15, 0.2) is 23.3 Å². The minimum Gasteiger partial charge on any atom is -0.481 e. The van der Waals surface area contributed by atoms with E-state index in [1.807, 2.05) is 24.3 Å². The van der Waals surface area contributed by atoms with E-state index in [1.54, 1.807) is 18.2 Å². The number of aliphatic imine (C=N–C) groups is 1. The average molecular weight is 1130 g/mol. The second-order valence-corrected chi connectivity index (χ2v) is 21.8. The predicted molar refractivity (Wildman–Crippen MR) is 287 cm³/mol. The van der Waals surface area contributed by atoms with Crippen LogP contribution in [0.1, 0.15) is 56.9 Å². The fourth-order valence-corrected chi connectivity index (χ4v) is 11.5. The van der Waals surface area contributed by atoms with E-state index < -0.39 is 151 Å². The Hall–Kier alpha value is -6.78. The molecule has 2 aromatic rings. The molecule has 0 saturated carbocycles. The van der Waals surface area contributed by atoms with Gasteiger partial charge in [0.1, 0.15) is 18.1 Å². The fourth-order valence-electron chi connectivity index (χ4n) is 8.26. The van der Waals surface area contributed by atoms with Crippen LogP contribution in [0.25, 0.3) is 10.8 Å². The van der Waals surface area contributed by atoms with Gasteiger partial charge in [0, 0.05) is 76.1 Å². The molecule has 12 N–H and O–H groups in total. The summed E-state index contributed by atoms with van der Waals surface area (Å²) in [5, 5.41) is 36.5. The molecule has 420 valence electrons. The summed E-state index contributed by atoms with van der Waals surface area (Å²) < 4.78 is 4.96. The van der Waals surface area contributed by atoms with E-state index in [0.717, 1.165) is 49.0 Å². The number of Topliss-reactive ketones (excluding diaryl/α,β-unsaturated/α-hetero) is 3. The summed E-state index contributed by atoms with van der Waals surface area (Å²) in [5.74, 6) is -15.6. The molecular formula is C49H66N10O15S3. The molecule has 2 aliphatic heterocycles. The summed E-state index contributed by atoms with van der Waals surface area (Å²) in [6, 6.07) is 5.09. The summed E-state index contributed by atoms with van der Waals surface area (Å²) in [6.45, 7) is -0.353. The van der Waals surface area contributed by atoms with Gasteiger partial charge in [-0.1, -0.05) is 64.1 Å². The number of carboxylic acid groups (broad SMARTS) is 2. The number of ether oxygens (including phenoxy) is 1. The van der Waals surface area contributed by atoms with Crippen molar-refractivity contribution >= 4 is 121 Å². The van der Waals surface area contributed by atoms with Gasteiger partial charge in [0.25, 0.3) is 0 Å². The predicted octanol–water partition coefficient (Wildman–Crippen LogP) is -1.33. The lowest BCUT2D eigenvalue weighted by Gasteiger charge is -2.31. The highest BCUT2D eigenvalue weighted by Crippen LogP contribution is 2.28. The molecule has 0 aliphatic carbocycles. The number of carbonyl (C=O) groups excluding carboxylic acids is 10. The molecule has 2 saturated heterocycles. The molecule has 2 fully saturated rings. The number of nitrogens with two attached hydrogens (primary N) is 2. The van der Waals surface area contributed by atoms with Gasteiger partial charge in [-0.15, -0.1) is 11.8 Å². The maximum atomic E-state index is 14.8. The Labute approximate surface area is 455 Å². The topological polar surface area (TPSA) is 394 Å². The molecule has 0 aromatic heterocycles. The first-order valence-corrected chi connectivity index (χ1v) is 28.2. The van der Waals surface area contributed by atoms with E-state index in [-0.39, 0.29) is 75.0 Å². The van der Waals surface area contributed by atoms with Crippen molar-refractivity contribution in [2.24, 2.45) is 28.3 Å². The van der Waals surface area contributed by atoms with Crippen LogP contribution in [0.5, 0.6) is 0 Å². The van der Waals surface area contributed by atoms with Crippen LogP contribution >= 0.6 is 33.3 Å². The monoisotopic (exact) mass is 1130 g/mol. The Morgan fingerprint density at radius 1 is 0.792 bits per heavy atom. The minimum atomic E-state index is -1.78. The molecule has 28 heteroatoms. The van der Waals surface area contributed by atoms with Crippen molar-refractivity contribution in [2.75, 3.05) is 63.4 Å². The Bertz CT molecular complexity index is 2530. The van der Waals surface area contributed by atoms with Gasteiger partial charge in [-0.2, -0.15) is 0 Å². The summed E-state index contributed by atoms with van der Waals surface area (Å²) in [4.78, 5) is 169. The Morgan fingerprint density at radius 2 is 1.47 bits per heavy atom. The molecule has 77 heavy (non-hydrogen) atoms. The molecule has 0 radical (unpaired) electrons. The first kappa shape index (κ1) is 62.8. The molecule has 2 aliphatic rings. The highest BCUT2D eigenvalue weighted by Gasteiger charge is 2.37. The van der Waals surface area contributed by atoms with Gasteiger partial charge < -0.3 is 63.2 Å². The number of hydrogen-bond donors (Lipinski definition) is 10. The van der Waals surface area contributed by atoms with Gasteiger partial charge >= 0.3 is 11.9 Å². The third kappa shape index (κ3) is 21.3. The normalized spacial score (nSPS) is 23.2. The SMILES string of the molecule is COCCNC(=O)CCC(=O)C1CSCC(=O)NC(CC(=O)O)C(=O)NC2CSSCC(NC(=O)C(CC(=O)O)CC(=O)CNC(=O)C(CCCN=C(N)N)N(C)C2=O)C(=O)CC(Cc2cccc3ccccc23)C(=O)N1. The Kier molecular flexibility index (Phi) is 26.1. The van der Waals surface area contributed by atoms with Crippen LogP contribution in [-0.4, -0.2) is 185 Å². The van der Waals surface area contributed by atoms with E-state index in [4.69, 9.17) is 16.2 Å². The number of benzene rings is 2. The summed E-state index contributed by atoms with van der Waals surface area (Å²) in [6.07, 6.45) is -3.82. The number of ketones is 3. The number of methoxy groups -OCH3 is 1. The van der Waals surface area contributed by atoms with Gasteiger partial charge in [0.05, 0.1) is 49.7 Å². The van der Waals surface area contributed by atoms with Crippen molar-refractivity contribution in [3.05, 3.63) is 48.0 Å². The van der Waals surface area contributed by atoms with E-state index in [2.05, 4.69) is 36.9 Å². The van der Waals surface area contributed by atoms with Crippen LogP contribution in [0.3, 0.4) is 0 Å². The van der Waals surface area contributed by atoms with Gasteiger partial charge in [-0.05, 0) is 35.6 Å². The smallest absolute Gasteiger partial charge is 0.305 e. The second kappa shape index (κ2) is 32.1. The zero-order valence-corrected chi connectivity index (χ0v) is 45.0. The molecule has 7 amide bonds. The van der Waals surface area contributed by atoms with E-state index in [1.165, 1.54) is 14.2 Å². The lowest BCUT2D eigenvalue weighted by atomic mass is 9.89. The molecule has 2 bridgehead atoms. The molecule has 25 nitrogen and oxygen atoms in total. The highest BCUT2D eigenvalue weighted by atomic mass is 33.1. The van der Waals surface area contributed by atoms with Crippen LogP contribution in [0.2, 0.25) is 0 Å². The third-order valence-corrected chi connectivity index (χ3v) is 15.7. The minimum absolute atomic E-state index is 0.0143. The average Bonchev–Trinajstić information content (AvgIpc) is 3.38. The molecule has 7 unspecified atom stereocenters. The van der Waals surface area contributed by atoms with Crippen molar-refractivity contribution < 1.29 is 72.5 Å². The standard InChI is InChI=1S/C49H66N10O15S3/c1-59-37(11-6-14-53-49(50)51)47(72)54-22-31(60)18-30(20-42(65)66)45(70)57-35-24-76-77-25-36(48(59)73)58-46(71)33(21-43(67)68)55-41(64)26-75-23-34(38(61)12-13-40(63)52-15-16-74-2)56-44(69)29(19-39(35)62)17-28-9-5-8-27-7-3-4-10-32(27)28/h3-5,7-10,29-30,33-37H,6,11-26H2,1-2H3,(H,52,63)(H,54,72)(H,55,64)(H,56,69)(H,57,70)(H,58,71)(H,65,66)(H,67,68)(H4,50,51,53). The number of nitrogens with zero attached hydrogens (tertiary/aromatic N) is 2. The van der Waals surface area contributed by atoms with Crippen LogP contribution in [0.15, 0.2) is 47.5 Å². The van der Waals surface area contributed by atoms with Gasteiger partial charge in [-0.3, -0.25) is 62.5 Å². The highest BCUT2D eigenvalue weighted by molar-refractivity contribution is 8.76. The zero-order valence-electron chi connectivity index (χ0n) is 42.6. The van der Waals surface area contributed by atoms with Crippen LogP contribution in [-0.2, 0) is 68.7 Å². The van der Waals surface area contributed by atoms with E-state index >= 15 is 0 Å². The third-order valence-electron chi connectivity index (χ3n) is 12.3. The zero-order chi connectivity index (χ0) is 56.6. The van der Waals surface area contributed by atoms with Crippen molar-refractivity contribution in [3.8, 4) is 0 Å². The van der Waals surface area contributed by atoms with Crippen LogP contribution in [0.4, 0.5) is 0 Å². The second-order valence-electron chi connectivity index (χ2n) is 18.2. The van der Waals surface area contributed by atoms with Crippen LogP contribution < -0.4 is 43.4 Å². The van der Waals surface area contributed by atoms with Gasteiger partial charge in [-0.25, -0.2) is 0 Å². The molecule has 4 rings (SSSR count). The number of carbonyl (C=O) groups is 12. The number of carboxylic acids is 2. The molecule has 0 spiro atoms. The lowest BCUT2D eigenvalue weighted by molar-refractivity contribution is -0.143. The number of amides is 7.